The minimum Gasteiger partial charge on any atom is -0.495 e. The van der Waals surface area contributed by atoms with E-state index in [1.165, 1.54) is 17.0 Å². The molecule has 0 N–H and O–H groups in total. The molecule has 0 aromatic heterocycles. The molecule has 0 bridgehead atoms. The lowest BCUT2D eigenvalue weighted by Gasteiger charge is -2.37. The van der Waals surface area contributed by atoms with Gasteiger partial charge in [0, 0.05) is 26.2 Å². The first-order chi connectivity index (χ1) is 16.8. The summed E-state index contributed by atoms with van der Waals surface area (Å²) in [4.78, 5) is 15.5. The molecule has 1 atom stereocenters. The van der Waals surface area contributed by atoms with E-state index in [0.29, 0.717) is 24.6 Å². The van der Waals surface area contributed by atoms with Gasteiger partial charge in [0.15, 0.2) is 0 Å². The lowest BCUT2D eigenvalue weighted by atomic mass is 9.89. The molecule has 2 aliphatic rings. The molecule has 2 aromatic rings. The highest BCUT2D eigenvalue weighted by Gasteiger charge is 2.37. The van der Waals surface area contributed by atoms with Crippen LogP contribution in [0, 0.1) is 11.8 Å². The van der Waals surface area contributed by atoms with Gasteiger partial charge < -0.3 is 9.64 Å². The highest BCUT2D eigenvalue weighted by molar-refractivity contribution is 7.89. The third-order valence-electron chi connectivity index (χ3n) is 7.50. The molecule has 0 unspecified atom stereocenters. The Kier molecular flexibility index (Phi) is 8.17. The van der Waals surface area contributed by atoms with E-state index in [0.717, 1.165) is 44.3 Å². The van der Waals surface area contributed by atoms with Gasteiger partial charge in [0.2, 0.25) is 15.9 Å². The molecule has 1 amide bonds. The predicted molar refractivity (Wildman–Crippen MR) is 138 cm³/mol. The van der Waals surface area contributed by atoms with E-state index < -0.39 is 10.0 Å². The fraction of sp³-hybridized carbons (Fsp3) is 0.536. The Hall–Kier alpha value is -2.38. The minimum atomic E-state index is -3.76. The van der Waals surface area contributed by atoms with E-state index in [9.17, 15) is 13.2 Å². The minimum absolute atomic E-state index is 0.103. The number of likely N-dealkylation sites (tertiary alicyclic amines) is 1. The van der Waals surface area contributed by atoms with Gasteiger partial charge in [-0.15, -0.1) is 0 Å². The fourth-order valence-electron chi connectivity index (χ4n) is 5.32. The SMILES string of the molecule is COc1ccc(C(C)C)cc1S(=O)(=O)N1CCC[C@H](C(=O)N2CCC(Cc3ccccc3)CC2)C1. The number of hydrogen-bond donors (Lipinski definition) is 0. The summed E-state index contributed by atoms with van der Waals surface area (Å²) in [6.45, 7) is 6.25. The molecule has 2 saturated heterocycles. The first-order valence-electron chi connectivity index (χ1n) is 12.8. The second-order valence-corrected chi connectivity index (χ2v) is 12.1. The molecule has 35 heavy (non-hydrogen) atoms. The van der Waals surface area contributed by atoms with Crippen LogP contribution in [0.25, 0.3) is 0 Å². The Morgan fingerprint density at radius 1 is 1.03 bits per heavy atom. The zero-order valence-electron chi connectivity index (χ0n) is 21.2. The van der Waals surface area contributed by atoms with Crippen molar-refractivity contribution in [2.24, 2.45) is 11.8 Å². The zero-order valence-corrected chi connectivity index (χ0v) is 22.0. The average molecular weight is 499 g/mol. The van der Waals surface area contributed by atoms with Crippen molar-refractivity contribution in [1.82, 2.24) is 9.21 Å². The fourth-order valence-corrected chi connectivity index (χ4v) is 7.03. The Bertz CT molecular complexity index is 1110. The monoisotopic (exact) mass is 498 g/mol. The Morgan fingerprint density at radius 3 is 2.40 bits per heavy atom. The van der Waals surface area contributed by atoms with Crippen LogP contribution in [0.15, 0.2) is 53.4 Å². The third-order valence-corrected chi connectivity index (χ3v) is 9.39. The molecular formula is C28H38N2O4S. The molecule has 0 aliphatic carbocycles. The second kappa shape index (κ2) is 11.1. The largest absolute Gasteiger partial charge is 0.495 e. The van der Waals surface area contributed by atoms with Gasteiger partial charge in [0.25, 0.3) is 0 Å². The van der Waals surface area contributed by atoms with Crippen LogP contribution in [0.4, 0.5) is 0 Å². The van der Waals surface area contributed by atoms with Gasteiger partial charge in [0.1, 0.15) is 10.6 Å². The quantitative estimate of drug-likeness (QED) is 0.555. The number of rotatable bonds is 7. The molecule has 4 rings (SSSR count). The van der Waals surface area contributed by atoms with E-state index in [1.54, 1.807) is 12.1 Å². The van der Waals surface area contributed by atoms with Crippen molar-refractivity contribution >= 4 is 15.9 Å². The van der Waals surface area contributed by atoms with Crippen LogP contribution in [-0.2, 0) is 21.2 Å². The van der Waals surface area contributed by atoms with E-state index in [1.807, 2.05) is 30.9 Å². The summed E-state index contributed by atoms with van der Waals surface area (Å²) in [6, 6.07) is 15.9. The van der Waals surface area contributed by atoms with Crippen molar-refractivity contribution in [3.63, 3.8) is 0 Å². The van der Waals surface area contributed by atoms with Crippen molar-refractivity contribution in [1.29, 1.82) is 0 Å². The number of ether oxygens (including phenoxy) is 1. The Labute approximate surface area is 210 Å². The molecule has 0 radical (unpaired) electrons. The first kappa shape index (κ1) is 25.7. The third kappa shape index (κ3) is 5.89. The number of sulfonamides is 1. The summed E-state index contributed by atoms with van der Waals surface area (Å²) in [5, 5.41) is 0. The summed E-state index contributed by atoms with van der Waals surface area (Å²) >= 11 is 0. The zero-order chi connectivity index (χ0) is 25.0. The number of hydrogen-bond acceptors (Lipinski definition) is 4. The van der Waals surface area contributed by atoms with Gasteiger partial charge in [0.05, 0.1) is 13.0 Å². The molecule has 2 aromatic carbocycles. The molecule has 0 saturated carbocycles. The van der Waals surface area contributed by atoms with Crippen molar-refractivity contribution < 1.29 is 17.9 Å². The maximum Gasteiger partial charge on any atom is 0.246 e. The lowest BCUT2D eigenvalue weighted by Crippen LogP contribution is -2.48. The van der Waals surface area contributed by atoms with Crippen LogP contribution in [0.2, 0.25) is 0 Å². The maximum atomic E-state index is 13.6. The summed E-state index contributed by atoms with van der Waals surface area (Å²) in [6.07, 6.45) is 4.46. The molecule has 0 spiro atoms. The summed E-state index contributed by atoms with van der Waals surface area (Å²) in [5.74, 6) is 0.957. The maximum absolute atomic E-state index is 13.6. The van der Waals surface area contributed by atoms with E-state index in [4.69, 9.17) is 4.74 Å². The second-order valence-electron chi connectivity index (χ2n) is 10.2. The standard InChI is InChI=1S/C28H38N2O4S/c1-21(2)24-11-12-26(34-3)27(19-24)35(32,33)30-15-7-10-25(20-30)28(31)29-16-13-23(14-17-29)18-22-8-5-4-6-9-22/h4-6,8-9,11-12,19,21,23,25H,7,10,13-18,20H2,1-3H3/t25-/m0/s1. The Morgan fingerprint density at radius 2 is 1.74 bits per heavy atom. The van der Waals surface area contributed by atoms with Crippen LogP contribution in [0.5, 0.6) is 5.75 Å². The highest BCUT2D eigenvalue weighted by atomic mass is 32.2. The number of nitrogens with zero attached hydrogens (tertiary/aromatic N) is 2. The van der Waals surface area contributed by atoms with Crippen LogP contribution in [0.1, 0.15) is 56.6 Å². The number of methoxy groups -OCH3 is 1. The smallest absolute Gasteiger partial charge is 0.246 e. The van der Waals surface area contributed by atoms with Gasteiger partial charge >= 0.3 is 0 Å². The van der Waals surface area contributed by atoms with Crippen molar-refractivity contribution in [2.45, 2.75) is 56.8 Å². The van der Waals surface area contributed by atoms with Gasteiger partial charge in [-0.2, -0.15) is 4.31 Å². The van der Waals surface area contributed by atoms with Crippen LogP contribution < -0.4 is 4.74 Å². The highest BCUT2D eigenvalue weighted by Crippen LogP contribution is 2.33. The van der Waals surface area contributed by atoms with E-state index in [-0.39, 0.29) is 29.2 Å². The number of amides is 1. The van der Waals surface area contributed by atoms with Crippen LogP contribution in [-0.4, -0.2) is 56.8 Å². The average Bonchev–Trinajstić information content (AvgIpc) is 2.89. The van der Waals surface area contributed by atoms with Gasteiger partial charge in [-0.3, -0.25) is 4.79 Å². The molecule has 2 aliphatic heterocycles. The van der Waals surface area contributed by atoms with Gasteiger partial charge in [-0.1, -0.05) is 50.2 Å². The number of benzene rings is 2. The molecule has 2 fully saturated rings. The first-order valence-corrected chi connectivity index (χ1v) is 14.2. The van der Waals surface area contributed by atoms with Crippen molar-refractivity contribution in [2.75, 3.05) is 33.3 Å². The summed E-state index contributed by atoms with van der Waals surface area (Å²) in [5.41, 5.74) is 2.30. The van der Waals surface area contributed by atoms with Crippen molar-refractivity contribution in [3.8, 4) is 5.75 Å². The lowest BCUT2D eigenvalue weighted by molar-refractivity contribution is -0.138. The van der Waals surface area contributed by atoms with Crippen LogP contribution >= 0.6 is 0 Å². The Balaban J connectivity index is 1.41. The predicted octanol–water partition coefficient (Wildman–Crippen LogP) is 4.70. The molecule has 190 valence electrons. The van der Waals surface area contributed by atoms with E-state index in [2.05, 4.69) is 24.3 Å². The summed E-state index contributed by atoms with van der Waals surface area (Å²) < 4.78 is 34.1. The molecule has 2 heterocycles. The number of piperidine rings is 2. The number of carbonyl (C=O) groups excluding carboxylic acids is 1. The van der Waals surface area contributed by atoms with Gasteiger partial charge in [-0.25, -0.2) is 8.42 Å². The van der Waals surface area contributed by atoms with Crippen molar-refractivity contribution in [3.05, 3.63) is 59.7 Å². The molecule has 7 heteroatoms. The van der Waals surface area contributed by atoms with Gasteiger partial charge in [-0.05, 0) is 67.2 Å². The molecular weight excluding hydrogens is 460 g/mol. The number of carbonyl (C=O) groups is 1. The van der Waals surface area contributed by atoms with E-state index >= 15 is 0 Å². The molecule has 6 nitrogen and oxygen atoms in total. The summed E-state index contributed by atoms with van der Waals surface area (Å²) in [7, 11) is -2.27. The normalized spacial score (nSPS) is 20.2. The van der Waals surface area contributed by atoms with Crippen LogP contribution in [0.3, 0.4) is 0 Å². The topological polar surface area (TPSA) is 66.9 Å².